The summed E-state index contributed by atoms with van der Waals surface area (Å²) < 4.78 is 0. The van der Waals surface area contributed by atoms with Crippen molar-refractivity contribution in [2.75, 3.05) is 26.0 Å². The van der Waals surface area contributed by atoms with E-state index in [1.54, 1.807) is 6.07 Å². The van der Waals surface area contributed by atoms with Gasteiger partial charge in [-0.05, 0) is 51.1 Å². The summed E-state index contributed by atoms with van der Waals surface area (Å²) in [6.07, 6.45) is 2.63. The van der Waals surface area contributed by atoms with Gasteiger partial charge in [0.2, 0.25) is 0 Å². The molecule has 1 aliphatic rings. The maximum Gasteiger partial charge on any atom is 0.101 e. The van der Waals surface area contributed by atoms with Gasteiger partial charge in [-0.2, -0.15) is 5.26 Å². The highest BCUT2D eigenvalue weighted by molar-refractivity contribution is 6.30. The normalized spacial score (nSPS) is 16.4. The number of anilines is 1. The van der Waals surface area contributed by atoms with Crippen molar-refractivity contribution >= 4 is 17.3 Å². The molecule has 1 unspecified atom stereocenters. The van der Waals surface area contributed by atoms with Crippen molar-refractivity contribution in [1.29, 1.82) is 5.26 Å². The van der Waals surface area contributed by atoms with E-state index in [1.165, 1.54) is 12.8 Å². The Bertz CT molecular complexity index is 459. The van der Waals surface area contributed by atoms with Crippen LogP contribution in [-0.2, 0) is 0 Å². The fourth-order valence-electron chi connectivity index (χ4n) is 2.23. The first-order valence-electron chi connectivity index (χ1n) is 6.21. The van der Waals surface area contributed by atoms with Crippen LogP contribution in [0.4, 0.5) is 5.69 Å². The Morgan fingerprint density at radius 3 is 2.78 bits per heavy atom. The lowest BCUT2D eigenvalue weighted by Gasteiger charge is -2.25. The number of nitrogens with zero attached hydrogens (tertiary/aromatic N) is 2. The number of nitrogens with one attached hydrogen (secondary N) is 1. The molecule has 18 heavy (non-hydrogen) atoms. The maximum atomic E-state index is 9.08. The second kappa shape index (κ2) is 5.60. The smallest absolute Gasteiger partial charge is 0.101 e. The van der Waals surface area contributed by atoms with Gasteiger partial charge < -0.3 is 10.2 Å². The number of likely N-dealkylation sites (N-methyl/N-ethyl adjacent to an activating group) is 1. The third-order valence-electron chi connectivity index (χ3n) is 3.43. The lowest BCUT2D eigenvalue weighted by Crippen LogP contribution is -2.36. The van der Waals surface area contributed by atoms with Gasteiger partial charge in [-0.15, -0.1) is 0 Å². The minimum absolute atomic E-state index is 0.534. The van der Waals surface area contributed by atoms with E-state index >= 15 is 0 Å². The summed E-state index contributed by atoms with van der Waals surface area (Å²) in [5.41, 5.74) is 1.48. The molecule has 0 radical (unpaired) electrons. The highest BCUT2D eigenvalue weighted by atomic mass is 35.5. The predicted octanol–water partition coefficient (Wildman–Crippen LogP) is 2.96. The van der Waals surface area contributed by atoms with Gasteiger partial charge in [0.25, 0.3) is 0 Å². The molecule has 1 aliphatic carbocycles. The van der Waals surface area contributed by atoms with Crippen molar-refractivity contribution < 1.29 is 0 Å². The molecule has 1 saturated carbocycles. The molecule has 0 heterocycles. The van der Waals surface area contributed by atoms with Gasteiger partial charge in [0.1, 0.15) is 6.07 Å². The molecule has 3 nitrogen and oxygen atoms in total. The minimum Gasteiger partial charge on any atom is -0.382 e. The van der Waals surface area contributed by atoms with Crippen molar-refractivity contribution in [3.63, 3.8) is 0 Å². The Balaban J connectivity index is 2.03. The Morgan fingerprint density at radius 2 is 2.22 bits per heavy atom. The Labute approximate surface area is 113 Å². The van der Waals surface area contributed by atoms with Crippen molar-refractivity contribution in [1.82, 2.24) is 4.90 Å². The average molecular weight is 264 g/mol. The van der Waals surface area contributed by atoms with Crippen LogP contribution in [0.3, 0.4) is 0 Å². The molecular formula is C14H18ClN3. The third kappa shape index (κ3) is 3.16. The molecule has 0 saturated heterocycles. The van der Waals surface area contributed by atoms with E-state index in [2.05, 4.69) is 30.4 Å². The number of benzene rings is 1. The van der Waals surface area contributed by atoms with E-state index in [0.717, 1.165) is 18.2 Å². The van der Waals surface area contributed by atoms with Gasteiger partial charge >= 0.3 is 0 Å². The fraction of sp³-hybridized carbons (Fsp3) is 0.500. The van der Waals surface area contributed by atoms with Crippen LogP contribution in [0.25, 0.3) is 0 Å². The first-order chi connectivity index (χ1) is 8.61. The van der Waals surface area contributed by atoms with Gasteiger partial charge in [-0.25, -0.2) is 0 Å². The van der Waals surface area contributed by atoms with Gasteiger partial charge in [-0.3, -0.25) is 0 Å². The van der Waals surface area contributed by atoms with Crippen LogP contribution in [0.15, 0.2) is 18.2 Å². The van der Waals surface area contributed by atoms with Crippen LogP contribution < -0.4 is 5.32 Å². The van der Waals surface area contributed by atoms with Crippen molar-refractivity contribution in [2.24, 2.45) is 5.92 Å². The first-order valence-corrected chi connectivity index (χ1v) is 6.59. The second-order valence-corrected chi connectivity index (χ2v) is 5.49. The minimum atomic E-state index is 0.534. The lowest BCUT2D eigenvalue weighted by atomic mass is 10.1. The van der Waals surface area contributed by atoms with Crippen LogP contribution in [-0.4, -0.2) is 31.6 Å². The summed E-state index contributed by atoms with van der Waals surface area (Å²) in [7, 11) is 4.22. The monoisotopic (exact) mass is 263 g/mol. The number of hydrogen-bond acceptors (Lipinski definition) is 3. The van der Waals surface area contributed by atoms with Crippen molar-refractivity contribution in [3.8, 4) is 6.07 Å². The quantitative estimate of drug-likeness (QED) is 0.888. The zero-order valence-corrected chi connectivity index (χ0v) is 11.5. The molecule has 96 valence electrons. The molecule has 0 aliphatic heterocycles. The van der Waals surface area contributed by atoms with Crippen LogP contribution in [0.5, 0.6) is 0 Å². The topological polar surface area (TPSA) is 39.1 Å². The molecule has 1 N–H and O–H groups in total. The van der Waals surface area contributed by atoms with Gasteiger partial charge in [-0.1, -0.05) is 11.6 Å². The summed E-state index contributed by atoms with van der Waals surface area (Å²) >= 11 is 5.88. The van der Waals surface area contributed by atoms with E-state index in [9.17, 15) is 0 Å². The summed E-state index contributed by atoms with van der Waals surface area (Å²) in [5.74, 6) is 0.797. The van der Waals surface area contributed by atoms with E-state index in [4.69, 9.17) is 16.9 Å². The first kappa shape index (κ1) is 13.2. The summed E-state index contributed by atoms with van der Waals surface area (Å²) in [5, 5.41) is 13.1. The largest absolute Gasteiger partial charge is 0.382 e. The average Bonchev–Trinajstić information content (AvgIpc) is 3.15. The van der Waals surface area contributed by atoms with Crippen LogP contribution in [0.1, 0.15) is 18.4 Å². The van der Waals surface area contributed by atoms with E-state index < -0.39 is 0 Å². The third-order valence-corrected chi connectivity index (χ3v) is 3.67. The van der Waals surface area contributed by atoms with E-state index in [-0.39, 0.29) is 0 Å². The molecule has 0 amide bonds. The molecule has 1 aromatic carbocycles. The Hall–Kier alpha value is -1.24. The van der Waals surface area contributed by atoms with Crippen LogP contribution in [0, 0.1) is 17.2 Å². The zero-order valence-electron chi connectivity index (χ0n) is 10.8. The van der Waals surface area contributed by atoms with Gasteiger partial charge in [0, 0.05) is 17.6 Å². The summed E-state index contributed by atoms with van der Waals surface area (Å²) in [6, 6.07) is 8.10. The highest BCUT2D eigenvalue weighted by Crippen LogP contribution is 2.34. The molecule has 1 fully saturated rings. The maximum absolute atomic E-state index is 9.08. The summed E-state index contributed by atoms with van der Waals surface area (Å²) in [4.78, 5) is 2.26. The zero-order chi connectivity index (χ0) is 13.1. The molecular weight excluding hydrogens is 246 g/mol. The van der Waals surface area contributed by atoms with E-state index in [1.807, 2.05) is 12.1 Å². The molecule has 4 heteroatoms. The van der Waals surface area contributed by atoms with Crippen molar-refractivity contribution in [2.45, 2.75) is 18.9 Å². The molecule has 1 aromatic rings. The molecule has 0 spiro atoms. The molecule has 0 bridgehead atoms. The van der Waals surface area contributed by atoms with Crippen LogP contribution >= 0.6 is 11.6 Å². The Kier molecular flexibility index (Phi) is 4.11. The van der Waals surface area contributed by atoms with Gasteiger partial charge in [0.15, 0.2) is 0 Å². The second-order valence-electron chi connectivity index (χ2n) is 5.05. The van der Waals surface area contributed by atoms with Crippen LogP contribution in [0.2, 0.25) is 5.02 Å². The fourth-order valence-corrected chi connectivity index (χ4v) is 2.40. The lowest BCUT2D eigenvalue weighted by molar-refractivity contribution is 0.276. The number of hydrogen-bond donors (Lipinski definition) is 1. The number of rotatable bonds is 5. The Morgan fingerprint density at radius 1 is 1.50 bits per heavy atom. The standard InChI is InChI=1S/C14H18ClN3/c1-18(2)14(10-3-4-10)9-17-13-6-5-12(15)7-11(13)8-16/h5-7,10,14,17H,3-4,9H2,1-2H3. The van der Waals surface area contributed by atoms with Crippen molar-refractivity contribution in [3.05, 3.63) is 28.8 Å². The summed E-state index contributed by atoms with van der Waals surface area (Å²) in [6.45, 7) is 0.869. The number of halogens is 1. The van der Waals surface area contributed by atoms with E-state index in [0.29, 0.717) is 16.6 Å². The highest BCUT2D eigenvalue weighted by Gasteiger charge is 2.32. The number of nitriles is 1. The molecule has 1 atom stereocenters. The molecule has 2 rings (SSSR count). The molecule has 0 aromatic heterocycles. The SMILES string of the molecule is CN(C)C(CNc1ccc(Cl)cc1C#N)C1CC1. The predicted molar refractivity (Wildman–Crippen MR) is 74.9 cm³/mol. The van der Waals surface area contributed by atoms with Gasteiger partial charge in [0.05, 0.1) is 11.3 Å².